The van der Waals surface area contributed by atoms with Crippen LogP contribution in [0.1, 0.15) is 51.8 Å². The van der Waals surface area contributed by atoms with E-state index in [9.17, 15) is 18.3 Å². The summed E-state index contributed by atoms with van der Waals surface area (Å²) in [5, 5.41) is 16.8. The van der Waals surface area contributed by atoms with E-state index in [1.165, 1.54) is 30.4 Å². The highest BCUT2D eigenvalue weighted by molar-refractivity contribution is 14.0. The molecule has 3 unspecified atom stereocenters. The van der Waals surface area contributed by atoms with Crippen molar-refractivity contribution in [2.24, 2.45) is 18.0 Å². The first-order valence-electron chi connectivity index (χ1n) is 9.49. The second-order valence-electron chi connectivity index (χ2n) is 7.34. The molecule has 1 aromatic rings. The fraction of sp³-hybridized carbons (Fsp3) is 0.778. The van der Waals surface area contributed by atoms with Crippen LogP contribution >= 0.6 is 24.0 Å². The molecule has 3 atom stereocenters. The van der Waals surface area contributed by atoms with E-state index in [1.54, 1.807) is 0 Å². The average molecular weight is 517 g/mol. The lowest BCUT2D eigenvalue weighted by Gasteiger charge is -2.30. The van der Waals surface area contributed by atoms with Gasteiger partial charge in [0.25, 0.3) is 0 Å². The molecule has 1 aliphatic carbocycles. The van der Waals surface area contributed by atoms with E-state index >= 15 is 0 Å². The summed E-state index contributed by atoms with van der Waals surface area (Å²) < 4.78 is 41.8. The van der Waals surface area contributed by atoms with Crippen molar-refractivity contribution in [1.29, 1.82) is 0 Å². The van der Waals surface area contributed by atoms with E-state index in [0.717, 1.165) is 19.3 Å². The van der Waals surface area contributed by atoms with Gasteiger partial charge in [-0.15, -0.1) is 24.0 Å². The monoisotopic (exact) mass is 517 g/mol. The fourth-order valence-corrected chi connectivity index (χ4v) is 3.55. The number of hydrogen-bond acceptors (Lipinski definition) is 3. The van der Waals surface area contributed by atoms with Gasteiger partial charge in [-0.1, -0.05) is 19.8 Å². The summed E-state index contributed by atoms with van der Waals surface area (Å²) in [6.45, 7) is 4.53. The van der Waals surface area contributed by atoms with Gasteiger partial charge in [-0.2, -0.15) is 13.2 Å². The van der Waals surface area contributed by atoms with Crippen LogP contribution in [0.3, 0.4) is 0 Å². The predicted octanol–water partition coefficient (Wildman–Crippen LogP) is 3.31. The van der Waals surface area contributed by atoms with Crippen LogP contribution in [0.4, 0.5) is 13.2 Å². The number of aliphatic hydroxyl groups is 1. The van der Waals surface area contributed by atoms with Gasteiger partial charge in [0.2, 0.25) is 5.60 Å². The molecule has 1 aromatic heterocycles. The number of aliphatic imine (C=N–C) groups is 1. The minimum atomic E-state index is -4.84. The number of imidazole rings is 1. The lowest BCUT2D eigenvalue weighted by molar-refractivity contribution is -0.272. The SMILES string of the molecule is CCNC(=NCCC(O)(c1nccn1C)C(F)(F)F)NC1CCCC(C)C1.I. The number of nitrogens with zero attached hydrogens (tertiary/aromatic N) is 3. The van der Waals surface area contributed by atoms with Crippen molar-refractivity contribution in [1.82, 2.24) is 20.2 Å². The summed E-state index contributed by atoms with van der Waals surface area (Å²) in [6, 6.07) is 0.266. The molecule has 0 aliphatic heterocycles. The highest BCUT2D eigenvalue weighted by Crippen LogP contribution is 2.40. The molecule has 1 heterocycles. The molecule has 0 spiro atoms. The molecule has 1 saturated carbocycles. The lowest BCUT2D eigenvalue weighted by Crippen LogP contribution is -2.46. The first-order valence-corrected chi connectivity index (χ1v) is 9.49. The van der Waals surface area contributed by atoms with E-state index < -0.39 is 24.0 Å². The van der Waals surface area contributed by atoms with Crippen molar-refractivity contribution >= 4 is 29.9 Å². The van der Waals surface area contributed by atoms with Gasteiger partial charge in [-0.25, -0.2) is 4.98 Å². The maximum Gasteiger partial charge on any atom is 0.424 e. The summed E-state index contributed by atoms with van der Waals surface area (Å²) >= 11 is 0. The van der Waals surface area contributed by atoms with Gasteiger partial charge < -0.3 is 20.3 Å². The molecule has 2 rings (SSSR count). The van der Waals surface area contributed by atoms with Crippen molar-refractivity contribution in [2.75, 3.05) is 13.1 Å². The number of guanidine groups is 1. The van der Waals surface area contributed by atoms with Crippen molar-refractivity contribution < 1.29 is 18.3 Å². The zero-order valence-electron chi connectivity index (χ0n) is 16.6. The Morgan fingerprint density at radius 3 is 2.64 bits per heavy atom. The number of nitrogens with one attached hydrogen (secondary N) is 2. The molecule has 0 saturated heterocycles. The molecule has 10 heteroatoms. The summed E-state index contributed by atoms with van der Waals surface area (Å²) in [4.78, 5) is 7.97. The van der Waals surface area contributed by atoms with Crippen molar-refractivity contribution in [3.05, 3.63) is 18.2 Å². The average Bonchev–Trinajstić information content (AvgIpc) is 3.00. The van der Waals surface area contributed by atoms with Gasteiger partial charge in [0.15, 0.2) is 5.96 Å². The zero-order valence-corrected chi connectivity index (χ0v) is 18.9. The standard InChI is InChI=1S/C18H30F3N5O.HI/c1-4-22-16(25-14-7-5-6-13(2)12-14)24-9-8-17(27,18(19,20)21)15-23-10-11-26(15)3;/h10-11,13-14,27H,4-9,12H2,1-3H3,(H2,22,24,25);1H. The smallest absolute Gasteiger partial charge is 0.374 e. The summed E-state index contributed by atoms with van der Waals surface area (Å²) in [6.07, 6.45) is 1.56. The van der Waals surface area contributed by atoms with Gasteiger partial charge in [0.05, 0.1) is 0 Å². The Morgan fingerprint density at radius 1 is 1.39 bits per heavy atom. The van der Waals surface area contributed by atoms with E-state index in [0.29, 0.717) is 18.4 Å². The number of halogens is 4. The van der Waals surface area contributed by atoms with E-state index in [1.807, 2.05) is 6.92 Å². The van der Waals surface area contributed by atoms with E-state index in [-0.39, 0.29) is 36.6 Å². The van der Waals surface area contributed by atoms with Crippen LogP contribution in [-0.2, 0) is 12.6 Å². The summed E-state index contributed by atoms with van der Waals surface area (Å²) in [5.74, 6) is 0.683. The quantitative estimate of drug-likeness (QED) is 0.308. The number of aryl methyl sites for hydroxylation is 1. The largest absolute Gasteiger partial charge is 0.424 e. The van der Waals surface area contributed by atoms with Crippen molar-refractivity contribution in [3.63, 3.8) is 0 Å². The minimum absolute atomic E-state index is 0. The van der Waals surface area contributed by atoms with Gasteiger partial charge in [0.1, 0.15) is 5.82 Å². The molecule has 0 aromatic carbocycles. The second kappa shape index (κ2) is 10.7. The molecule has 28 heavy (non-hydrogen) atoms. The molecular formula is C18H31F3IN5O. The highest BCUT2D eigenvalue weighted by atomic mass is 127. The van der Waals surface area contributed by atoms with Crippen LogP contribution < -0.4 is 10.6 Å². The zero-order chi connectivity index (χ0) is 20.1. The Kier molecular flexibility index (Phi) is 9.51. The Labute approximate surface area is 181 Å². The van der Waals surface area contributed by atoms with Crippen LogP contribution in [0.15, 0.2) is 17.4 Å². The Balaban J connectivity index is 0.00000392. The molecule has 6 nitrogen and oxygen atoms in total. The van der Waals surface area contributed by atoms with Crippen molar-refractivity contribution in [2.45, 2.75) is 63.8 Å². The van der Waals surface area contributed by atoms with Crippen LogP contribution in [-0.4, -0.2) is 45.9 Å². The highest BCUT2D eigenvalue weighted by Gasteiger charge is 2.57. The van der Waals surface area contributed by atoms with E-state index in [2.05, 4.69) is 27.5 Å². The molecular weight excluding hydrogens is 486 g/mol. The predicted molar refractivity (Wildman–Crippen MR) is 114 cm³/mol. The third kappa shape index (κ3) is 6.23. The molecule has 3 N–H and O–H groups in total. The molecule has 0 amide bonds. The third-order valence-electron chi connectivity index (χ3n) is 5.03. The normalized spacial score (nSPS) is 22.9. The van der Waals surface area contributed by atoms with Crippen LogP contribution in [0.5, 0.6) is 0 Å². The lowest BCUT2D eigenvalue weighted by atomic mass is 9.87. The summed E-state index contributed by atoms with van der Waals surface area (Å²) in [7, 11) is 1.43. The molecule has 0 bridgehead atoms. The van der Waals surface area contributed by atoms with Crippen molar-refractivity contribution in [3.8, 4) is 0 Å². The Bertz CT molecular complexity index is 637. The Hall–Kier alpha value is -1.04. The number of hydrogen-bond donors (Lipinski definition) is 3. The van der Waals surface area contributed by atoms with Gasteiger partial charge in [-0.05, 0) is 25.7 Å². The number of rotatable bonds is 6. The van der Waals surface area contributed by atoms with Crippen LogP contribution in [0.25, 0.3) is 0 Å². The number of alkyl halides is 3. The maximum absolute atomic E-state index is 13.6. The van der Waals surface area contributed by atoms with Gasteiger partial charge in [0, 0.05) is 45.0 Å². The maximum atomic E-state index is 13.6. The minimum Gasteiger partial charge on any atom is -0.374 e. The molecule has 1 fully saturated rings. The van der Waals surface area contributed by atoms with Crippen LogP contribution in [0.2, 0.25) is 0 Å². The first kappa shape index (κ1) is 25.0. The summed E-state index contributed by atoms with van der Waals surface area (Å²) in [5.41, 5.74) is -3.04. The number of aromatic nitrogens is 2. The molecule has 162 valence electrons. The first-order chi connectivity index (χ1) is 12.7. The van der Waals surface area contributed by atoms with Gasteiger partial charge >= 0.3 is 6.18 Å². The topological polar surface area (TPSA) is 74.5 Å². The molecule has 0 radical (unpaired) electrons. The van der Waals surface area contributed by atoms with Crippen LogP contribution in [0, 0.1) is 5.92 Å². The molecule has 1 aliphatic rings. The third-order valence-corrected chi connectivity index (χ3v) is 5.03. The second-order valence-corrected chi connectivity index (χ2v) is 7.34. The Morgan fingerprint density at radius 2 is 2.11 bits per heavy atom. The fourth-order valence-electron chi connectivity index (χ4n) is 3.55. The van der Waals surface area contributed by atoms with E-state index in [4.69, 9.17) is 0 Å². The van der Waals surface area contributed by atoms with Gasteiger partial charge in [-0.3, -0.25) is 4.99 Å².